The van der Waals surface area contributed by atoms with Gasteiger partial charge in [0.05, 0.1) is 7.11 Å². The molecule has 1 atom stereocenters. The van der Waals surface area contributed by atoms with Crippen molar-refractivity contribution in [1.82, 2.24) is 20.0 Å². The number of likely N-dealkylation sites (tertiary alicyclic amines) is 1. The van der Waals surface area contributed by atoms with Crippen molar-refractivity contribution in [3.05, 3.63) is 29.8 Å². The zero-order chi connectivity index (χ0) is 19.2. The zero-order valence-electron chi connectivity index (χ0n) is 17.0. The lowest BCUT2D eigenvalue weighted by atomic mass is 9.89. The summed E-state index contributed by atoms with van der Waals surface area (Å²) in [6.07, 6.45) is 1.98. The molecular weight excluding hydrogens is 340 g/mol. The van der Waals surface area contributed by atoms with Crippen LogP contribution in [0, 0.1) is 0 Å². The van der Waals surface area contributed by atoms with Gasteiger partial charge in [0.1, 0.15) is 5.75 Å². The van der Waals surface area contributed by atoms with Crippen molar-refractivity contribution >= 4 is 6.03 Å². The molecule has 1 aromatic rings. The number of hydrogen-bond acceptors (Lipinski definition) is 4. The van der Waals surface area contributed by atoms with Gasteiger partial charge in [-0.25, -0.2) is 4.79 Å². The Morgan fingerprint density at radius 3 is 2.48 bits per heavy atom. The Kier molecular flexibility index (Phi) is 6.96. The lowest BCUT2D eigenvalue weighted by Crippen LogP contribution is -2.53. The van der Waals surface area contributed by atoms with Gasteiger partial charge in [0.15, 0.2) is 0 Å². The first kappa shape index (κ1) is 20.0. The number of rotatable bonds is 5. The highest BCUT2D eigenvalue weighted by molar-refractivity contribution is 5.74. The third-order valence-corrected chi connectivity index (χ3v) is 6.07. The predicted molar refractivity (Wildman–Crippen MR) is 108 cm³/mol. The number of likely N-dealkylation sites (N-methyl/N-ethyl adjacent to an activating group) is 1. The summed E-state index contributed by atoms with van der Waals surface area (Å²) in [6, 6.07) is 8.71. The third-order valence-electron chi connectivity index (χ3n) is 6.07. The summed E-state index contributed by atoms with van der Waals surface area (Å²) in [7, 11) is 3.89. The number of methoxy groups -OCH3 is 1. The number of carbonyl (C=O) groups is 1. The van der Waals surface area contributed by atoms with Crippen LogP contribution in [0.2, 0.25) is 0 Å². The highest BCUT2D eigenvalue weighted by Crippen LogP contribution is 2.33. The molecule has 0 aromatic heterocycles. The average Bonchev–Trinajstić information content (AvgIpc) is 2.72. The molecule has 2 amide bonds. The number of ether oxygens (including phenoxy) is 1. The molecule has 2 saturated heterocycles. The standard InChI is InChI=1S/C21H34N4O2/c1-17(24-14-12-23(2)13-15-24)16-22-21(26)25-10-8-18(9-11-25)19-6-4-5-7-20(19)27-3/h4-7,17-18H,8-16H2,1-3H3,(H,22,26). The molecule has 1 aromatic carbocycles. The maximum atomic E-state index is 12.6. The Morgan fingerprint density at radius 1 is 1.15 bits per heavy atom. The first-order valence-electron chi connectivity index (χ1n) is 10.2. The number of amides is 2. The molecule has 0 radical (unpaired) electrons. The van der Waals surface area contributed by atoms with Gasteiger partial charge in [-0.05, 0) is 44.4 Å². The van der Waals surface area contributed by atoms with Gasteiger partial charge in [-0.2, -0.15) is 0 Å². The Bertz CT molecular complexity index is 608. The highest BCUT2D eigenvalue weighted by atomic mass is 16.5. The first-order chi connectivity index (χ1) is 13.1. The highest BCUT2D eigenvalue weighted by Gasteiger charge is 2.26. The van der Waals surface area contributed by atoms with E-state index in [1.165, 1.54) is 5.56 Å². The molecule has 1 unspecified atom stereocenters. The molecule has 6 heteroatoms. The molecule has 2 heterocycles. The maximum absolute atomic E-state index is 12.6. The van der Waals surface area contributed by atoms with E-state index in [0.29, 0.717) is 12.0 Å². The Labute approximate surface area is 163 Å². The molecule has 2 aliphatic rings. The van der Waals surface area contributed by atoms with Gasteiger partial charge in [0, 0.05) is 51.9 Å². The summed E-state index contributed by atoms with van der Waals surface area (Å²) in [6.45, 7) is 8.91. The number of piperazine rings is 1. The molecule has 27 heavy (non-hydrogen) atoms. The predicted octanol–water partition coefficient (Wildman–Crippen LogP) is 2.22. The van der Waals surface area contributed by atoms with Gasteiger partial charge < -0.3 is 19.9 Å². The van der Waals surface area contributed by atoms with Crippen LogP contribution >= 0.6 is 0 Å². The van der Waals surface area contributed by atoms with Gasteiger partial charge in [0.2, 0.25) is 0 Å². The normalized spacial score (nSPS) is 21.1. The number of para-hydroxylation sites is 1. The number of piperidine rings is 1. The zero-order valence-corrected chi connectivity index (χ0v) is 17.0. The summed E-state index contributed by atoms with van der Waals surface area (Å²) in [4.78, 5) is 19.3. The third kappa shape index (κ3) is 5.14. The van der Waals surface area contributed by atoms with Crippen LogP contribution in [0.25, 0.3) is 0 Å². The lowest BCUT2D eigenvalue weighted by molar-refractivity contribution is 0.116. The molecule has 2 aliphatic heterocycles. The van der Waals surface area contributed by atoms with Crippen molar-refractivity contribution in [1.29, 1.82) is 0 Å². The van der Waals surface area contributed by atoms with E-state index in [4.69, 9.17) is 4.74 Å². The lowest BCUT2D eigenvalue weighted by Gasteiger charge is -2.37. The second-order valence-corrected chi connectivity index (χ2v) is 7.88. The van der Waals surface area contributed by atoms with E-state index in [1.807, 2.05) is 17.0 Å². The van der Waals surface area contributed by atoms with Crippen molar-refractivity contribution in [2.24, 2.45) is 0 Å². The van der Waals surface area contributed by atoms with Gasteiger partial charge in [-0.1, -0.05) is 18.2 Å². The van der Waals surface area contributed by atoms with Crippen LogP contribution in [-0.4, -0.2) is 86.7 Å². The van der Waals surface area contributed by atoms with E-state index in [-0.39, 0.29) is 6.03 Å². The van der Waals surface area contributed by atoms with Crippen molar-refractivity contribution in [2.75, 3.05) is 60.0 Å². The second-order valence-electron chi connectivity index (χ2n) is 7.88. The van der Waals surface area contributed by atoms with Crippen molar-refractivity contribution in [3.8, 4) is 5.75 Å². The molecule has 6 nitrogen and oxygen atoms in total. The van der Waals surface area contributed by atoms with Crippen LogP contribution < -0.4 is 10.1 Å². The molecule has 0 bridgehead atoms. The molecule has 3 rings (SSSR count). The number of nitrogens with one attached hydrogen (secondary N) is 1. The average molecular weight is 375 g/mol. The minimum atomic E-state index is 0.0782. The minimum Gasteiger partial charge on any atom is -0.496 e. The Balaban J connectivity index is 1.43. The fourth-order valence-corrected chi connectivity index (χ4v) is 4.14. The molecular formula is C21H34N4O2. The van der Waals surface area contributed by atoms with E-state index in [2.05, 4.69) is 41.2 Å². The van der Waals surface area contributed by atoms with Crippen LogP contribution in [0.15, 0.2) is 24.3 Å². The molecule has 150 valence electrons. The summed E-state index contributed by atoms with van der Waals surface area (Å²) in [5, 5.41) is 3.14. The maximum Gasteiger partial charge on any atom is 0.317 e. The quantitative estimate of drug-likeness (QED) is 0.859. The number of hydrogen-bond donors (Lipinski definition) is 1. The topological polar surface area (TPSA) is 48.1 Å². The summed E-state index contributed by atoms with van der Waals surface area (Å²) in [5.41, 5.74) is 1.27. The smallest absolute Gasteiger partial charge is 0.317 e. The van der Waals surface area contributed by atoms with Crippen LogP contribution in [0.3, 0.4) is 0 Å². The SMILES string of the molecule is COc1ccccc1C1CCN(C(=O)NCC(C)N2CCN(C)CC2)CC1. The van der Waals surface area contributed by atoms with Gasteiger partial charge in [-0.15, -0.1) is 0 Å². The fraction of sp³-hybridized carbons (Fsp3) is 0.667. The van der Waals surface area contributed by atoms with E-state index >= 15 is 0 Å². The number of nitrogens with zero attached hydrogens (tertiary/aromatic N) is 3. The van der Waals surface area contributed by atoms with E-state index in [0.717, 1.165) is 64.4 Å². The molecule has 1 N–H and O–H groups in total. The van der Waals surface area contributed by atoms with Crippen LogP contribution in [-0.2, 0) is 0 Å². The molecule has 2 fully saturated rings. The van der Waals surface area contributed by atoms with Gasteiger partial charge >= 0.3 is 6.03 Å². The molecule has 0 saturated carbocycles. The minimum absolute atomic E-state index is 0.0782. The van der Waals surface area contributed by atoms with Crippen LogP contribution in [0.1, 0.15) is 31.2 Å². The summed E-state index contributed by atoms with van der Waals surface area (Å²) >= 11 is 0. The van der Waals surface area contributed by atoms with Crippen molar-refractivity contribution < 1.29 is 9.53 Å². The monoisotopic (exact) mass is 374 g/mol. The van der Waals surface area contributed by atoms with Crippen LogP contribution in [0.5, 0.6) is 5.75 Å². The van der Waals surface area contributed by atoms with Crippen LogP contribution in [0.4, 0.5) is 4.79 Å². The number of urea groups is 1. The van der Waals surface area contributed by atoms with E-state index in [9.17, 15) is 4.79 Å². The van der Waals surface area contributed by atoms with Crippen molar-refractivity contribution in [2.45, 2.75) is 31.7 Å². The Hall–Kier alpha value is -1.79. The summed E-state index contributed by atoms with van der Waals surface area (Å²) in [5.74, 6) is 1.43. The summed E-state index contributed by atoms with van der Waals surface area (Å²) < 4.78 is 5.50. The van der Waals surface area contributed by atoms with Gasteiger partial charge in [0.25, 0.3) is 0 Å². The molecule has 0 spiro atoms. The second kappa shape index (κ2) is 9.42. The number of carbonyl (C=O) groups excluding carboxylic acids is 1. The van der Waals surface area contributed by atoms with E-state index < -0.39 is 0 Å². The molecule has 0 aliphatic carbocycles. The number of benzene rings is 1. The van der Waals surface area contributed by atoms with Gasteiger partial charge in [-0.3, -0.25) is 4.90 Å². The van der Waals surface area contributed by atoms with Crippen molar-refractivity contribution in [3.63, 3.8) is 0 Å². The first-order valence-corrected chi connectivity index (χ1v) is 10.2. The largest absolute Gasteiger partial charge is 0.496 e. The van der Waals surface area contributed by atoms with E-state index in [1.54, 1.807) is 7.11 Å². The fourth-order valence-electron chi connectivity index (χ4n) is 4.14. The Morgan fingerprint density at radius 2 is 1.81 bits per heavy atom.